The minimum Gasteiger partial charge on any atom is -0.478 e. The highest BCUT2D eigenvalue weighted by Crippen LogP contribution is 2.30. The van der Waals surface area contributed by atoms with E-state index in [0.717, 1.165) is 12.3 Å². The summed E-state index contributed by atoms with van der Waals surface area (Å²) in [5.41, 5.74) is 1.68. The van der Waals surface area contributed by atoms with Gasteiger partial charge in [-0.15, -0.1) is 0 Å². The SMILES string of the molecule is CC(C)c1nc(NS(C)(=O)=O)nc(-c2ccc(F)cc2)c1/C=C/C(=O)O. The second kappa shape index (κ2) is 7.61. The number of aliphatic carboxylic acids is 1. The molecule has 0 spiro atoms. The zero-order chi connectivity index (χ0) is 19.5. The molecular formula is C17H18FN3O4S. The number of hydrogen-bond acceptors (Lipinski definition) is 5. The van der Waals surface area contributed by atoms with Gasteiger partial charge in [-0.3, -0.25) is 4.72 Å². The van der Waals surface area contributed by atoms with Crippen molar-refractivity contribution in [3.05, 3.63) is 47.4 Å². The van der Waals surface area contributed by atoms with E-state index in [1.165, 1.54) is 30.3 Å². The molecule has 9 heteroatoms. The number of carbonyl (C=O) groups is 1. The Hall–Kier alpha value is -2.81. The van der Waals surface area contributed by atoms with E-state index >= 15 is 0 Å². The zero-order valence-corrected chi connectivity index (χ0v) is 15.2. The van der Waals surface area contributed by atoms with Gasteiger partial charge in [-0.2, -0.15) is 0 Å². The van der Waals surface area contributed by atoms with Crippen molar-refractivity contribution in [2.24, 2.45) is 0 Å². The number of sulfonamides is 1. The van der Waals surface area contributed by atoms with E-state index in [1.807, 2.05) is 13.8 Å². The first-order chi connectivity index (χ1) is 12.1. The number of nitrogens with one attached hydrogen (secondary N) is 1. The number of nitrogens with zero attached hydrogens (tertiary/aromatic N) is 2. The van der Waals surface area contributed by atoms with Crippen LogP contribution in [0.25, 0.3) is 17.3 Å². The summed E-state index contributed by atoms with van der Waals surface area (Å²) >= 11 is 0. The maximum atomic E-state index is 13.2. The number of halogens is 1. The number of rotatable bonds is 6. The van der Waals surface area contributed by atoms with Crippen LogP contribution >= 0.6 is 0 Å². The quantitative estimate of drug-likeness (QED) is 0.747. The number of carboxylic acids is 1. The summed E-state index contributed by atoms with van der Waals surface area (Å²) in [7, 11) is -3.61. The minimum atomic E-state index is -3.61. The standard InChI is InChI=1S/C17H18FN3O4S/c1-10(2)15-13(8-9-14(22)23)16(11-4-6-12(18)7-5-11)20-17(19-15)21-26(3,24)25/h4-10H,1-3H3,(H,22,23)(H,19,20,21)/b9-8+. The molecule has 0 aliphatic rings. The first kappa shape index (κ1) is 19.5. The Morgan fingerprint density at radius 3 is 2.35 bits per heavy atom. The van der Waals surface area contributed by atoms with Crippen LogP contribution < -0.4 is 4.72 Å². The highest BCUT2D eigenvalue weighted by molar-refractivity contribution is 7.91. The van der Waals surface area contributed by atoms with E-state index in [2.05, 4.69) is 14.7 Å². The van der Waals surface area contributed by atoms with Gasteiger partial charge in [0.25, 0.3) is 0 Å². The lowest BCUT2D eigenvalue weighted by Crippen LogP contribution is -2.15. The molecule has 1 aromatic heterocycles. The fourth-order valence-electron chi connectivity index (χ4n) is 2.29. The molecule has 2 N–H and O–H groups in total. The molecule has 0 saturated heterocycles. The Morgan fingerprint density at radius 1 is 1.23 bits per heavy atom. The Balaban J connectivity index is 2.77. The highest BCUT2D eigenvalue weighted by Gasteiger charge is 2.18. The van der Waals surface area contributed by atoms with Crippen LogP contribution in [-0.2, 0) is 14.8 Å². The van der Waals surface area contributed by atoms with E-state index in [0.29, 0.717) is 22.5 Å². The van der Waals surface area contributed by atoms with Crippen LogP contribution in [0.5, 0.6) is 0 Å². The maximum absolute atomic E-state index is 13.2. The van der Waals surface area contributed by atoms with Crippen LogP contribution in [0.4, 0.5) is 10.3 Å². The summed E-state index contributed by atoms with van der Waals surface area (Å²) in [5, 5.41) is 8.94. The van der Waals surface area contributed by atoms with Crippen molar-refractivity contribution >= 4 is 28.0 Å². The van der Waals surface area contributed by atoms with Gasteiger partial charge in [0.1, 0.15) is 5.82 Å². The third-order valence-corrected chi connectivity index (χ3v) is 3.86. The molecule has 0 unspecified atom stereocenters. The van der Waals surface area contributed by atoms with Crippen molar-refractivity contribution < 1.29 is 22.7 Å². The van der Waals surface area contributed by atoms with Crippen molar-refractivity contribution in [2.45, 2.75) is 19.8 Å². The van der Waals surface area contributed by atoms with Gasteiger partial charge in [-0.05, 0) is 36.3 Å². The van der Waals surface area contributed by atoms with Crippen molar-refractivity contribution in [3.8, 4) is 11.3 Å². The van der Waals surface area contributed by atoms with Crippen molar-refractivity contribution in [1.82, 2.24) is 9.97 Å². The van der Waals surface area contributed by atoms with Crippen molar-refractivity contribution in [1.29, 1.82) is 0 Å². The summed E-state index contributed by atoms with van der Waals surface area (Å²) in [4.78, 5) is 19.4. The second-order valence-electron chi connectivity index (χ2n) is 5.90. The largest absolute Gasteiger partial charge is 0.478 e. The van der Waals surface area contributed by atoms with Gasteiger partial charge in [0, 0.05) is 17.2 Å². The number of carboxylic acid groups (broad SMARTS) is 1. The lowest BCUT2D eigenvalue weighted by molar-refractivity contribution is -0.131. The lowest BCUT2D eigenvalue weighted by atomic mass is 9.98. The molecule has 0 aliphatic heterocycles. The Labute approximate surface area is 150 Å². The first-order valence-corrected chi connectivity index (χ1v) is 9.52. The molecule has 0 saturated carbocycles. The van der Waals surface area contributed by atoms with E-state index in [-0.39, 0.29) is 11.9 Å². The van der Waals surface area contributed by atoms with Crippen LogP contribution in [0.2, 0.25) is 0 Å². The third kappa shape index (κ3) is 5.09. The normalized spacial score (nSPS) is 11.9. The molecule has 1 aromatic carbocycles. The number of aromatic nitrogens is 2. The highest BCUT2D eigenvalue weighted by atomic mass is 32.2. The molecule has 1 heterocycles. The van der Waals surface area contributed by atoms with E-state index in [4.69, 9.17) is 5.11 Å². The summed E-state index contributed by atoms with van der Waals surface area (Å²) in [6, 6.07) is 5.43. The summed E-state index contributed by atoms with van der Waals surface area (Å²) in [6.45, 7) is 3.66. The summed E-state index contributed by atoms with van der Waals surface area (Å²) in [5.74, 6) is -1.87. The number of anilines is 1. The lowest BCUT2D eigenvalue weighted by Gasteiger charge is -2.16. The molecule has 0 amide bonds. The number of hydrogen-bond donors (Lipinski definition) is 2. The van der Waals surface area contributed by atoms with Crippen LogP contribution in [0.15, 0.2) is 30.3 Å². The van der Waals surface area contributed by atoms with Crippen molar-refractivity contribution in [2.75, 3.05) is 11.0 Å². The van der Waals surface area contributed by atoms with Crippen molar-refractivity contribution in [3.63, 3.8) is 0 Å². The summed E-state index contributed by atoms with van der Waals surface area (Å²) in [6.07, 6.45) is 3.27. The molecule has 0 bridgehead atoms. The van der Waals surface area contributed by atoms with Crippen LogP contribution in [0, 0.1) is 5.82 Å². The van der Waals surface area contributed by atoms with E-state index in [1.54, 1.807) is 0 Å². The molecule has 0 atom stereocenters. The molecule has 138 valence electrons. The van der Waals surface area contributed by atoms with Crippen LogP contribution in [0.1, 0.15) is 31.0 Å². The van der Waals surface area contributed by atoms with Gasteiger partial charge in [-0.1, -0.05) is 13.8 Å². The molecule has 26 heavy (non-hydrogen) atoms. The van der Waals surface area contributed by atoms with Gasteiger partial charge in [0.15, 0.2) is 0 Å². The fourth-order valence-corrected chi connectivity index (χ4v) is 2.71. The van der Waals surface area contributed by atoms with E-state index in [9.17, 15) is 17.6 Å². The Morgan fingerprint density at radius 2 is 1.85 bits per heavy atom. The van der Waals surface area contributed by atoms with Gasteiger partial charge < -0.3 is 5.11 Å². The van der Waals surface area contributed by atoms with Crippen LogP contribution in [0.3, 0.4) is 0 Å². The Kier molecular flexibility index (Phi) is 5.71. The Bertz CT molecular complexity index is 955. The molecule has 0 fully saturated rings. The minimum absolute atomic E-state index is 0.136. The van der Waals surface area contributed by atoms with Gasteiger partial charge in [0.2, 0.25) is 16.0 Å². The van der Waals surface area contributed by atoms with Gasteiger partial charge >= 0.3 is 5.97 Å². The van der Waals surface area contributed by atoms with Gasteiger partial charge in [-0.25, -0.2) is 27.6 Å². The third-order valence-electron chi connectivity index (χ3n) is 3.31. The molecule has 0 radical (unpaired) electrons. The summed E-state index contributed by atoms with van der Waals surface area (Å²) < 4.78 is 38.6. The molecule has 2 rings (SSSR count). The molecular weight excluding hydrogens is 361 g/mol. The smallest absolute Gasteiger partial charge is 0.328 e. The van der Waals surface area contributed by atoms with Gasteiger partial charge in [0.05, 0.1) is 17.6 Å². The first-order valence-electron chi connectivity index (χ1n) is 7.63. The molecule has 2 aromatic rings. The zero-order valence-electron chi connectivity index (χ0n) is 14.4. The predicted molar refractivity (Wildman–Crippen MR) is 96.7 cm³/mol. The fraction of sp³-hybridized carbons (Fsp3) is 0.235. The second-order valence-corrected chi connectivity index (χ2v) is 7.65. The molecule has 7 nitrogen and oxygen atoms in total. The van der Waals surface area contributed by atoms with E-state index < -0.39 is 21.8 Å². The average molecular weight is 379 g/mol. The monoisotopic (exact) mass is 379 g/mol. The van der Waals surface area contributed by atoms with Crippen LogP contribution in [-0.4, -0.2) is 35.7 Å². The molecule has 0 aliphatic carbocycles. The average Bonchev–Trinajstić information content (AvgIpc) is 2.51. The topological polar surface area (TPSA) is 109 Å². The number of benzene rings is 1. The predicted octanol–water partition coefficient (Wildman–Crippen LogP) is 2.88. The maximum Gasteiger partial charge on any atom is 0.328 e.